The van der Waals surface area contributed by atoms with E-state index in [-0.39, 0.29) is 5.75 Å². The Kier molecular flexibility index (Phi) is 4.48. The standard InChI is InChI=1S/C19H16N4O2/c1-23-18(14-6-4-3-5-7-14)21-22-19(23)15(12-20)10-13-8-9-16(24)17(11-13)25-2/h3-11,24H,1-2H3/b15-10+. The quantitative estimate of drug-likeness (QED) is 0.741. The van der Waals surface area contributed by atoms with Gasteiger partial charge in [-0.2, -0.15) is 5.26 Å². The molecule has 0 radical (unpaired) electrons. The molecule has 0 fully saturated rings. The summed E-state index contributed by atoms with van der Waals surface area (Å²) < 4.78 is 6.88. The Morgan fingerprint density at radius 3 is 2.64 bits per heavy atom. The normalized spacial score (nSPS) is 11.2. The van der Waals surface area contributed by atoms with Crippen LogP contribution in [0, 0.1) is 11.3 Å². The van der Waals surface area contributed by atoms with Gasteiger partial charge in [-0.25, -0.2) is 0 Å². The van der Waals surface area contributed by atoms with E-state index < -0.39 is 0 Å². The third-order valence-corrected chi connectivity index (χ3v) is 3.78. The van der Waals surface area contributed by atoms with Crippen molar-refractivity contribution < 1.29 is 9.84 Å². The summed E-state index contributed by atoms with van der Waals surface area (Å²) in [5.41, 5.74) is 2.01. The Morgan fingerprint density at radius 1 is 1.20 bits per heavy atom. The number of nitriles is 1. The van der Waals surface area contributed by atoms with Crippen molar-refractivity contribution in [2.75, 3.05) is 7.11 Å². The van der Waals surface area contributed by atoms with E-state index >= 15 is 0 Å². The molecule has 3 rings (SSSR count). The molecule has 0 bridgehead atoms. The summed E-state index contributed by atoms with van der Waals surface area (Å²) >= 11 is 0. The lowest BCUT2D eigenvalue weighted by Crippen LogP contribution is -1.98. The minimum atomic E-state index is 0.0446. The zero-order valence-corrected chi connectivity index (χ0v) is 13.8. The van der Waals surface area contributed by atoms with Crippen LogP contribution in [0.2, 0.25) is 0 Å². The lowest BCUT2D eigenvalue weighted by atomic mass is 10.1. The minimum Gasteiger partial charge on any atom is -0.504 e. The zero-order valence-electron chi connectivity index (χ0n) is 13.8. The fourth-order valence-corrected chi connectivity index (χ4v) is 2.50. The highest BCUT2D eigenvalue weighted by molar-refractivity contribution is 5.88. The molecule has 1 N–H and O–H groups in total. The number of nitrogens with zero attached hydrogens (tertiary/aromatic N) is 4. The zero-order chi connectivity index (χ0) is 17.8. The van der Waals surface area contributed by atoms with Gasteiger partial charge in [-0.1, -0.05) is 36.4 Å². The number of allylic oxidation sites excluding steroid dienone is 1. The number of phenols is 1. The Morgan fingerprint density at radius 2 is 1.96 bits per heavy atom. The van der Waals surface area contributed by atoms with Crippen molar-refractivity contribution in [1.82, 2.24) is 14.8 Å². The molecule has 0 saturated carbocycles. The van der Waals surface area contributed by atoms with Gasteiger partial charge in [0.05, 0.1) is 12.7 Å². The van der Waals surface area contributed by atoms with E-state index in [0.29, 0.717) is 23.0 Å². The molecule has 0 saturated heterocycles. The highest BCUT2D eigenvalue weighted by Gasteiger charge is 2.14. The number of aromatic nitrogens is 3. The van der Waals surface area contributed by atoms with Crippen LogP contribution in [-0.2, 0) is 7.05 Å². The van der Waals surface area contributed by atoms with Gasteiger partial charge in [0.25, 0.3) is 0 Å². The number of hydrogen-bond donors (Lipinski definition) is 1. The Bertz CT molecular complexity index is 969. The van der Waals surface area contributed by atoms with E-state index in [1.54, 1.807) is 22.8 Å². The van der Waals surface area contributed by atoms with E-state index in [0.717, 1.165) is 11.1 Å². The molecule has 0 aliphatic carbocycles. The predicted octanol–water partition coefficient (Wildman–Crippen LogP) is 3.26. The number of phenolic OH excluding ortho intramolecular Hbond substituents is 1. The molecule has 1 heterocycles. The second-order valence-corrected chi connectivity index (χ2v) is 5.37. The third-order valence-electron chi connectivity index (χ3n) is 3.78. The molecule has 0 atom stereocenters. The van der Waals surface area contributed by atoms with Gasteiger partial charge in [-0.05, 0) is 23.8 Å². The van der Waals surface area contributed by atoms with E-state index in [2.05, 4.69) is 16.3 Å². The number of methoxy groups -OCH3 is 1. The molecule has 0 spiro atoms. The monoisotopic (exact) mass is 332 g/mol. The number of benzene rings is 2. The molecule has 124 valence electrons. The average molecular weight is 332 g/mol. The number of rotatable bonds is 4. The maximum Gasteiger partial charge on any atom is 0.174 e. The van der Waals surface area contributed by atoms with Crippen molar-refractivity contribution in [2.24, 2.45) is 7.05 Å². The minimum absolute atomic E-state index is 0.0446. The molecule has 6 heteroatoms. The van der Waals surface area contributed by atoms with Gasteiger partial charge in [0, 0.05) is 12.6 Å². The maximum atomic E-state index is 9.68. The van der Waals surface area contributed by atoms with Crippen molar-refractivity contribution in [1.29, 1.82) is 5.26 Å². The summed E-state index contributed by atoms with van der Waals surface area (Å²) in [5, 5.41) is 27.6. The lowest BCUT2D eigenvalue weighted by Gasteiger charge is -2.05. The van der Waals surface area contributed by atoms with Crippen LogP contribution in [-0.4, -0.2) is 27.0 Å². The molecule has 0 aliphatic rings. The largest absolute Gasteiger partial charge is 0.504 e. The molecular formula is C19H16N4O2. The smallest absolute Gasteiger partial charge is 0.174 e. The Balaban J connectivity index is 2.03. The van der Waals surface area contributed by atoms with Crippen LogP contribution < -0.4 is 4.74 Å². The summed E-state index contributed by atoms with van der Waals surface area (Å²) in [7, 11) is 3.29. The van der Waals surface area contributed by atoms with E-state index in [4.69, 9.17) is 4.74 Å². The second-order valence-electron chi connectivity index (χ2n) is 5.37. The van der Waals surface area contributed by atoms with Crippen molar-refractivity contribution in [3.63, 3.8) is 0 Å². The molecule has 3 aromatic rings. The van der Waals surface area contributed by atoms with Gasteiger partial charge >= 0.3 is 0 Å². The second kappa shape index (κ2) is 6.89. The predicted molar refractivity (Wildman–Crippen MR) is 94.6 cm³/mol. The summed E-state index contributed by atoms with van der Waals surface area (Å²) in [5.74, 6) is 1.53. The third kappa shape index (κ3) is 3.21. The summed E-state index contributed by atoms with van der Waals surface area (Å²) in [6.07, 6.45) is 1.68. The van der Waals surface area contributed by atoms with Crippen LogP contribution >= 0.6 is 0 Å². The van der Waals surface area contributed by atoms with Gasteiger partial charge < -0.3 is 14.4 Å². The maximum absolute atomic E-state index is 9.68. The van der Waals surface area contributed by atoms with Crippen LogP contribution in [0.3, 0.4) is 0 Å². The molecule has 2 aromatic carbocycles. The van der Waals surface area contributed by atoms with Crippen molar-refractivity contribution in [2.45, 2.75) is 0 Å². The molecule has 1 aromatic heterocycles. The van der Waals surface area contributed by atoms with Gasteiger partial charge in [0.2, 0.25) is 0 Å². The Hall–Kier alpha value is -3.59. The molecule has 0 unspecified atom stereocenters. The lowest BCUT2D eigenvalue weighted by molar-refractivity contribution is 0.373. The Labute approximate surface area is 145 Å². The first kappa shape index (κ1) is 16.3. The fraction of sp³-hybridized carbons (Fsp3) is 0.105. The highest BCUT2D eigenvalue weighted by Crippen LogP contribution is 2.28. The highest BCUT2D eigenvalue weighted by atomic mass is 16.5. The number of hydrogen-bond acceptors (Lipinski definition) is 5. The molecule has 6 nitrogen and oxygen atoms in total. The van der Waals surface area contributed by atoms with Crippen LogP contribution in [0.25, 0.3) is 23.0 Å². The first-order chi connectivity index (χ1) is 12.1. The van der Waals surface area contributed by atoms with Crippen LogP contribution in [0.5, 0.6) is 11.5 Å². The van der Waals surface area contributed by atoms with Crippen molar-refractivity contribution in [3.05, 3.63) is 59.9 Å². The molecular weight excluding hydrogens is 316 g/mol. The van der Waals surface area contributed by atoms with E-state index in [9.17, 15) is 10.4 Å². The summed E-state index contributed by atoms with van der Waals surface area (Å²) in [4.78, 5) is 0. The van der Waals surface area contributed by atoms with Gasteiger partial charge in [0.15, 0.2) is 23.1 Å². The topological polar surface area (TPSA) is 84.0 Å². The fourth-order valence-electron chi connectivity index (χ4n) is 2.50. The van der Waals surface area contributed by atoms with Gasteiger partial charge in [0.1, 0.15) is 6.07 Å². The first-order valence-electron chi connectivity index (χ1n) is 7.58. The SMILES string of the molecule is COc1cc(/C=C(\C#N)c2nnc(-c3ccccc3)n2C)ccc1O. The molecule has 0 aliphatic heterocycles. The van der Waals surface area contributed by atoms with Gasteiger partial charge in [-0.3, -0.25) is 0 Å². The molecule has 0 amide bonds. The average Bonchev–Trinajstić information content (AvgIpc) is 3.03. The van der Waals surface area contributed by atoms with E-state index in [1.807, 2.05) is 37.4 Å². The van der Waals surface area contributed by atoms with Crippen LogP contribution in [0.1, 0.15) is 11.4 Å². The first-order valence-corrected chi connectivity index (χ1v) is 7.58. The summed E-state index contributed by atoms with van der Waals surface area (Å²) in [6, 6.07) is 16.7. The van der Waals surface area contributed by atoms with Crippen LogP contribution in [0.15, 0.2) is 48.5 Å². The number of aromatic hydroxyl groups is 1. The van der Waals surface area contributed by atoms with Crippen molar-refractivity contribution in [3.8, 4) is 29.0 Å². The summed E-state index contributed by atoms with van der Waals surface area (Å²) in [6.45, 7) is 0. The molecule has 25 heavy (non-hydrogen) atoms. The van der Waals surface area contributed by atoms with Gasteiger partial charge in [-0.15, -0.1) is 10.2 Å². The van der Waals surface area contributed by atoms with Crippen LogP contribution in [0.4, 0.5) is 0 Å². The van der Waals surface area contributed by atoms with E-state index in [1.165, 1.54) is 13.2 Å². The van der Waals surface area contributed by atoms with Crippen molar-refractivity contribution >= 4 is 11.6 Å². The number of ether oxygens (including phenoxy) is 1.